The molecule has 0 unspecified atom stereocenters. The molecular formula is C17H26N4O2. The lowest BCUT2D eigenvalue weighted by Gasteiger charge is -2.32. The average Bonchev–Trinajstić information content (AvgIpc) is 2.60. The Hall–Kier alpha value is -2.08. The van der Waals surface area contributed by atoms with Gasteiger partial charge in [0.25, 0.3) is 0 Å². The summed E-state index contributed by atoms with van der Waals surface area (Å²) in [7, 11) is 1.53. The molecule has 23 heavy (non-hydrogen) atoms. The van der Waals surface area contributed by atoms with Crippen molar-refractivity contribution in [2.75, 3.05) is 33.2 Å². The van der Waals surface area contributed by atoms with E-state index in [1.165, 1.54) is 12.6 Å². The molecule has 3 N–H and O–H groups in total. The fourth-order valence-corrected chi connectivity index (χ4v) is 2.76. The van der Waals surface area contributed by atoms with Crippen LogP contribution in [0.4, 0.5) is 4.79 Å². The van der Waals surface area contributed by atoms with Gasteiger partial charge in [-0.05, 0) is 24.8 Å². The van der Waals surface area contributed by atoms with E-state index in [1.807, 2.05) is 6.07 Å². The summed E-state index contributed by atoms with van der Waals surface area (Å²) in [5.74, 6) is -0.128. The normalized spacial score (nSPS) is 15.9. The zero-order valence-corrected chi connectivity index (χ0v) is 13.7. The van der Waals surface area contributed by atoms with Crippen LogP contribution in [0, 0.1) is 0 Å². The van der Waals surface area contributed by atoms with Gasteiger partial charge in [-0.3, -0.25) is 4.79 Å². The predicted molar refractivity (Wildman–Crippen MR) is 90.2 cm³/mol. The van der Waals surface area contributed by atoms with Crippen molar-refractivity contribution in [1.82, 2.24) is 20.9 Å². The molecule has 6 heteroatoms. The van der Waals surface area contributed by atoms with Crippen LogP contribution in [0.1, 0.15) is 18.4 Å². The van der Waals surface area contributed by atoms with Gasteiger partial charge < -0.3 is 20.9 Å². The molecule has 1 fully saturated rings. The Kier molecular flexibility index (Phi) is 6.87. The molecular weight excluding hydrogens is 292 g/mol. The van der Waals surface area contributed by atoms with E-state index >= 15 is 0 Å². The molecule has 2 rings (SSSR count). The second-order valence-corrected chi connectivity index (χ2v) is 5.85. The summed E-state index contributed by atoms with van der Waals surface area (Å²) in [6, 6.07) is 10.4. The SMILES string of the molecule is CNC(=O)NCC(=O)NC1CCN(CCc2ccccc2)CC1. The molecule has 6 nitrogen and oxygen atoms in total. The van der Waals surface area contributed by atoms with Gasteiger partial charge in [0.1, 0.15) is 0 Å². The van der Waals surface area contributed by atoms with Crippen LogP contribution < -0.4 is 16.0 Å². The summed E-state index contributed by atoms with van der Waals surface area (Å²) < 4.78 is 0. The van der Waals surface area contributed by atoms with Crippen molar-refractivity contribution in [2.24, 2.45) is 0 Å². The summed E-state index contributed by atoms with van der Waals surface area (Å²) in [6.07, 6.45) is 2.98. The first kappa shape index (κ1) is 17.3. The standard InChI is InChI=1S/C17H26N4O2/c1-18-17(23)19-13-16(22)20-15-8-11-21(12-9-15)10-7-14-5-3-2-4-6-14/h2-6,15H,7-13H2,1H3,(H,20,22)(H2,18,19,23). The lowest BCUT2D eigenvalue weighted by atomic mass is 10.0. The summed E-state index contributed by atoms with van der Waals surface area (Å²) in [5.41, 5.74) is 1.36. The Morgan fingerprint density at radius 3 is 2.52 bits per heavy atom. The van der Waals surface area contributed by atoms with E-state index in [-0.39, 0.29) is 24.5 Å². The van der Waals surface area contributed by atoms with E-state index in [2.05, 4.69) is 45.1 Å². The maximum Gasteiger partial charge on any atom is 0.314 e. The molecule has 0 saturated carbocycles. The number of rotatable bonds is 6. The molecule has 126 valence electrons. The Morgan fingerprint density at radius 1 is 1.17 bits per heavy atom. The number of hydrogen-bond acceptors (Lipinski definition) is 3. The summed E-state index contributed by atoms with van der Waals surface area (Å²) >= 11 is 0. The molecule has 3 amide bonds. The first-order valence-corrected chi connectivity index (χ1v) is 8.18. The quantitative estimate of drug-likeness (QED) is 0.724. The van der Waals surface area contributed by atoms with Crippen LogP contribution in [0.5, 0.6) is 0 Å². The zero-order chi connectivity index (χ0) is 16.5. The van der Waals surface area contributed by atoms with Crippen molar-refractivity contribution in [3.05, 3.63) is 35.9 Å². The molecule has 0 radical (unpaired) electrons. The van der Waals surface area contributed by atoms with Crippen LogP contribution in [0.2, 0.25) is 0 Å². The smallest absolute Gasteiger partial charge is 0.314 e. The van der Waals surface area contributed by atoms with E-state index < -0.39 is 0 Å². The van der Waals surface area contributed by atoms with E-state index in [0.29, 0.717) is 0 Å². The van der Waals surface area contributed by atoms with Crippen molar-refractivity contribution in [2.45, 2.75) is 25.3 Å². The minimum absolute atomic E-state index is 0.0217. The Morgan fingerprint density at radius 2 is 1.87 bits per heavy atom. The highest BCUT2D eigenvalue weighted by Crippen LogP contribution is 2.11. The molecule has 1 heterocycles. The second-order valence-electron chi connectivity index (χ2n) is 5.85. The number of urea groups is 1. The molecule has 0 bridgehead atoms. The van der Waals surface area contributed by atoms with Crippen molar-refractivity contribution in [1.29, 1.82) is 0 Å². The molecule has 1 aliphatic rings. The third kappa shape index (κ3) is 6.28. The van der Waals surface area contributed by atoms with E-state index in [0.717, 1.165) is 38.9 Å². The minimum atomic E-state index is -0.337. The average molecular weight is 318 g/mol. The van der Waals surface area contributed by atoms with E-state index in [4.69, 9.17) is 0 Å². The fourth-order valence-electron chi connectivity index (χ4n) is 2.76. The third-order valence-electron chi connectivity index (χ3n) is 4.15. The Labute approximate surface area is 137 Å². The lowest BCUT2D eigenvalue weighted by Crippen LogP contribution is -2.48. The van der Waals surface area contributed by atoms with E-state index in [9.17, 15) is 9.59 Å². The number of nitrogens with zero attached hydrogens (tertiary/aromatic N) is 1. The number of carbonyl (C=O) groups is 2. The summed E-state index contributed by atoms with van der Waals surface area (Å²) in [4.78, 5) is 25.2. The van der Waals surface area contributed by atoms with Gasteiger partial charge in [0.15, 0.2) is 0 Å². The third-order valence-corrected chi connectivity index (χ3v) is 4.15. The van der Waals surface area contributed by atoms with Crippen LogP contribution >= 0.6 is 0 Å². The van der Waals surface area contributed by atoms with Crippen LogP contribution in [-0.4, -0.2) is 56.1 Å². The molecule has 0 aromatic heterocycles. The molecule has 1 aliphatic heterocycles. The number of hydrogen-bond donors (Lipinski definition) is 3. The minimum Gasteiger partial charge on any atom is -0.352 e. The van der Waals surface area contributed by atoms with Crippen LogP contribution in [0.15, 0.2) is 30.3 Å². The molecule has 0 spiro atoms. The van der Waals surface area contributed by atoms with Crippen molar-refractivity contribution < 1.29 is 9.59 Å². The van der Waals surface area contributed by atoms with Crippen LogP contribution in [0.25, 0.3) is 0 Å². The number of amides is 3. The van der Waals surface area contributed by atoms with Gasteiger partial charge in [-0.15, -0.1) is 0 Å². The van der Waals surface area contributed by atoms with Crippen LogP contribution in [-0.2, 0) is 11.2 Å². The monoisotopic (exact) mass is 318 g/mol. The molecule has 1 aromatic carbocycles. The number of nitrogens with one attached hydrogen (secondary N) is 3. The van der Waals surface area contributed by atoms with Gasteiger partial charge in [0, 0.05) is 32.7 Å². The van der Waals surface area contributed by atoms with Gasteiger partial charge in [-0.25, -0.2) is 4.79 Å². The predicted octanol–water partition coefficient (Wildman–Crippen LogP) is 0.739. The zero-order valence-electron chi connectivity index (χ0n) is 13.7. The first-order chi connectivity index (χ1) is 11.2. The number of benzene rings is 1. The van der Waals surface area contributed by atoms with E-state index in [1.54, 1.807) is 0 Å². The fraction of sp³-hybridized carbons (Fsp3) is 0.529. The molecule has 0 aliphatic carbocycles. The van der Waals surface area contributed by atoms with Crippen molar-refractivity contribution >= 4 is 11.9 Å². The summed E-state index contributed by atoms with van der Waals surface area (Å²) in [6.45, 7) is 3.08. The topological polar surface area (TPSA) is 73.5 Å². The summed E-state index contributed by atoms with van der Waals surface area (Å²) in [5, 5.41) is 7.90. The highest BCUT2D eigenvalue weighted by atomic mass is 16.2. The second kappa shape index (κ2) is 9.15. The number of carbonyl (C=O) groups excluding carboxylic acids is 2. The molecule has 0 atom stereocenters. The number of piperidine rings is 1. The van der Waals surface area contributed by atoms with Gasteiger partial charge in [-0.1, -0.05) is 30.3 Å². The maximum atomic E-state index is 11.8. The lowest BCUT2D eigenvalue weighted by molar-refractivity contribution is -0.121. The Bertz CT molecular complexity index is 499. The van der Waals surface area contributed by atoms with Crippen molar-refractivity contribution in [3.63, 3.8) is 0 Å². The van der Waals surface area contributed by atoms with Crippen LogP contribution in [0.3, 0.4) is 0 Å². The van der Waals surface area contributed by atoms with Gasteiger partial charge in [0.2, 0.25) is 5.91 Å². The van der Waals surface area contributed by atoms with Crippen molar-refractivity contribution in [3.8, 4) is 0 Å². The molecule has 1 aromatic rings. The highest BCUT2D eigenvalue weighted by molar-refractivity contribution is 5.83. The van der Waals surface area contributed by atoms with Gasteiger partial charge in [0.05, 0.1) is 6.54 Å². The van der Waals surface area contributed by atoms with Gasteiger partial charge >= 0.3 is 6.03 Å². The molecule has 1 saturated heterocycles. The largest absolute Gasteiger partial charge is 0.352 e. The Balaban J connectivity index is 1.62. The highest BCUT2D eigenvalue weighted by Gasteiger charge is 2.20. The number of likely N-dealkylation sites (tertiary alicyclic amines) is 1. The first-order valence-electron chi connectivity index (χ1n) is 8.18. The maximum absolute atomic E-state index is 11.8. The van der Waals surface area contributed by atoms with Gasteiger partial charge in [-0.2, -0.15) is 0 Å².